The molecule has 0 saturated carbocycles. The molecule has 1 heterocycles. The third-order valence-corrected chi connectivity index (χ3v) is 12.9. The first-order valence-electron chi connectivity index (χ1n) is 20.9. The Morgan fingerprint density at radius 2 is 1.05 bits per heavy atom. The maximum atomic E-state index is 7.34. The normalized spacial score (nSPS) is 16.0. The van der Waals surface area contributed by atoms with Gasteiger partial charge in [-0.15, -0.1) is 0 Å². The summed E-state index contributed by atoms with van der Waals surface area (Å²) in [7, 11) is 0. The van der Waals surface area contributed by atoms with Crippen molar-refractivity contribution in [3.05, 3.63) is 241 Å². The average Bonchev–Trinajstić information content (AvgIpc) is 3.77. The molecule has 61 heavy (non-hydrogen) atoms. The van der Waals surface area contributed by atoms with Crippen LogP contribution < -0.4 is 14.4 Å². The lowest BCUT2D eigenvalue weighted by molar-refractivity contribution is 0.361. The van der Waals surface area contributed by atoms with Crippen LogP contribution in [0.3, 0.4) is 0 Å². The molecule has 12 rings (SSSR count). The van der Waals surface area contributed by atoms with Gasteiger partial charge in [0.25, 0.3) is 0 Å². The Morgan fingerprint density at radius 1 is 0.459 bits per heavy atom. The van der Waals surface area contributed by atoms with Gasteiger partial charge in [-0.25, -0.2) is 0 Å². The standard InChI is InChI=1S/C58H39NO2/c1-3-48-37(2)44-19-9-11-23-49(44)58(48)50-24-12-10-21-47(50)55-51(58)35-36-54-57(55)61-56-52(25-14-26-53(56)60-54)59(42-31-27-39(28-32-42)38-15-5-4-6-16-38)43-33-29-41(30-34-43)46-22-13-18-40-17-7-8-20-45(40)46/h3-36H,2H2,1H3/b48-3+. The molecule has 9 aromatic rings. The molecule has 0 fully saturated rings. The molecule has 9 aromatic carbocycles. The van der Waals surface area contributed by atoms with Gasteiger partial charge in [-0.05, 0) is 121 Å². The van der Waals surface area contributed by atoms with Crippen molar-refractivity contribution in [3.63, 3.8) is 0 Å². The van der Waals surface area contributed by atoms with E-state index in [9.17, 15) is 0 Å². The molecule has 2 aliphatic carbocycles. The number of benzene rings is 9. The Balaban J connectivity index is 1.02. The number of fused-ring (bicyclic) bond motifs is 11. The number of rotatable bonds is 5. The van der Waals surface area contributed by atoms with Gasteiger partial charge in [-0.2, -0.15) is 0 Å². The summed E-state index contributed by atoms with van der Waals surface area (Å²) in [5.74, 6) is 2.74. The zero-order valence-corrected chi connectivity index (χ0v) is 33.6. The van der Waals surface area contributed by atoms with Crippen molar-refractivity contribution >= 4 is 33.4 Å². The molecule has 0 radical (unpaired) electrons. The van der Waals surface area contributed by atoms with Crippen LogP contribution >= 0.6 is 0 Å². The number of nitrogens with zero attached hydrogens (tertiary/aromatic N) is 1. The highest BCUT2D eigenvalue weighted by Gasteiger charge is 2.54. The quantitative estimate of drug-likeness (QED) is 0.174. The summed E-state index contributed by atoms with van der Waals surface area (Å²) in [6, 6.07) is 71.2. The lowest BCUT2D eigenvalue weighted by Gasteiger charge is -2.32. The molecule has 0 N–H and O–H groups in total. The predicted molar refractivity (Wildman–Crippen MR) is 251 cm³/mol. The van der Waals surface area contributed by atoms with Gasteiger partial charge in [0.2, 0.25) is 0 Å². The lowest BCUT2D eigenvalue weighted by atomic mass is 9.70. The minimum Gasteiger partial charge on any atom is -0.449 e. The molecular weight excluding hydrogens is 743 g/mol. The predicted octanol–water partition coefficient (Wildman–Crippen LogP) is 15.8. The van der Waals surface area contributed by atoms with E-state index in [1.807, 2.05) is 6.07 Å². The van der Waals surface area contributed by atoms with E-state index in [0.29, 0.717) is 17.2 Å². The molecule has 288 valence electrons. The fourth-order valence-electron chi connectivity index (χ4n) is 10.3. The first kappa shape index (κ1) is 35.1. The van der Waals surface area contributed by atoms with E-state index in [4.69, 9.17) is 9.47 Å². The Labute approximate surface area is 355 Å². The van der Waals surface area contributed by atoms with Gasteiger partial charge in [0.05, 0.1) is 11.1 Å². The SMILES string of the molecule is C=C1/C(=C\C)C2(c3ccccc31)c1ccccc1-c1c2ccc2c1Oc1c(cccc1N(c1ccc(-c3ccccc3)cc1)c1ccc(-c3cccc4ccccc34)cc1)O2. The molecule has 0 saturated heterocycles. The third-order valence-electron chi connectivity index (χ3n) is 12.9. The zero-order chi connectivity index (χ0) is 40.7. The van der Waals surface area contributed by atoms with Crippen molar-refractivity contribution in [1.29, 1.82) is 0 Å². The fourth-order valence-corrected chi connectivity index (χ4v) is 10.3. The first-order chi connectivity index (χ1) is 30.1. The molecule has 3 aliphatic rings. The van der Waals surface area contributed by atoms with E-state index < -0.39 is 5.41 Å². The Kier molecular flexibility index (Phi) is 7.82. The molecule has 1 unspecified atom stereocenters. The molecule has 1 spiro atoms. The molecule has 3 nitrogen and oxygen atoms in total. The molecular formula is C58H39NO2. The van der Waals surface area contributed by atoms with E-state index in [2.05, 4.69) is 219 Å². The summed E-state index contributed by atoms with van der Waals surface area (Å²) in [6.07, 6.45) is 2.24. The van der Waals surface area contributed by atoms with E-state index in [0.717, 1.165) is 50.6 Å². The largest absolute Gasteiger partial charge is 0.449 e. The van der Waals surface area contributed by atoms with Gasteiger partial charge in [-0.3, -0.25) is 0 Å². The number of hydrogen-bond donors (Lipinski definition) is 0. The van der Waals surface area contributed by atoms with E-state index in [1.54, 1.807) is 0 Å². The van der Waals surface area contributed by atoms with Crippen LogP contribution in [0.5, 0.6) is 23.0 Å². The van der Waals surface area contributed by atoms with Gasteiger partial charge in [-0.1, -0.05) is 170 Å². The average molecular weight is 782 g/mol. The van der Waals surface area contributed by atoms with Crippen molar-refractivity contribution in [3.8, 4) is 56.4 Å². The van der Waals surface area contributed by atoms with Crippen LogP contribution in [0.15, 0.2) is 218 Å². The maximum absolute atomic E-state index is 7.34. The summed E-state index contributed by atoms with van der Waals surface area (Å²) in [5.41, 5.74) is 16.3. The topological polar surface area (TPSA) is 21.7 Å². The van der Waals surface area contributed by atoms with Crippen LogP contribution in [-0.2, 0) is 5.41 Å². The van der Waals surface area contributed by atoms with Crippen LogP contribution in [0, 0.1) is 0 Å². The number of anilines is 3. The van der Waals surface area contributed by atoms with Gasteiger partial charge in [0.15, 0.2) is 23.0 Å². The Hall–Kier alpha value is -7.88. The molecule has 0 amide bonds. The van der Waals surface area contributed by atoms with Crippen LogP contribution in [0.25, 0.3) is 49.7 Å². The smallest absolute Gasteiger partial charge is 0.194 e. The summed E-state index contributed by atoms with van der Waals surface area (Å²) >= 11 is 0. The van der Waals surface area contributed by atoms with Crippen molar-refractivity contribution in [2.24, 2.45) is 0 Å². The maximum Gasteiger partial charge on any atom is 0.194 e. The second kappa shape index (κ2) is 13.6. The molecule has 3 heteroatoms. The van der Waals surface area contributed by atoms with Crippen molar-refractivity contribution < 1.29 is 9.47 Å². The third kappa shape index (κ3) is 5.11. The number of hydrogen-bond acceptors (Lipinski definition) is 3. The van der Waals surface area contributed by atoms with Crippen LogP contribution in [0.2, 0.25) is 0 Å². The second-order valence-electron chi connectivity index (χ2n) is 16.0. The van der Waals surface area contributed by atoms with Gasteiger partial charge in [0.1, 0.15) is 0 Å². The summed E-state index contributed by atoms with van der Waals surface area (Å²) in [6.45, 7) is 6.78. The van der Waals surface area contributed by atoms with Crippen molar-refractivity contribution in [2.75, 3.05) is 4.90 Å². The summed E-state index contributed by atoms with van der Waals surface area (Å²) in [5, 5.41) is 2.46. The van der Waals surface area contributed by atoms with Gasteiger partial charge < -0.3 is 14.4 Å². The number of allylic oxidation sites excluding steroid dienone is 3. The van der Waals surface area contributed by atoms with Crippen molar-refractivity contribution in [2.45, 2.75) is 12.3 Å². The zero-order valence-electron chi connectivity index (χ0n) is 33.6. The number of ether oxygens (including phenoxy) is 2. The van der Waals surface area contributed by atoms with E-state index in [-0.39, 0.29) is 0 Å². The highest BCUT2D eigenvalue weighted by molar-refractivity contribution is 6.02. The number of para-hydroxylation sites is 1. The molecule has 1 atom stereocenters. The van der Waals surface area contributed by atoms with Crippen LogP contribution in [0.4, 0.5) is 17.1 Å². The Morgan fingerprint density at radius 3 is 1.82 bits per heavy atom. The monoisotopic (exact) mass is 781 g/mol. The highest BCUT2D eigenvalue weighted by Crippen LogP contribution is 2.67. The first-order valence-corrected chi connectivity index (χ1v) is 20.9. The van der Waals surface area contributed by atoms with Gasteiger partial charge in [0, 0.05) is 16.9 Å². The van der Waals surface area contributed by atoms with E-state index in [1.165, 1.54) is 49.7 Å². The van der Waals surface area contributed by atoms with Crippen LogP contribution in [-0.4, -0.2) is 0 Å². The molecule has 0 bridgehead atoms. The van der Waals surface area contributed by atoms with Crippen LogP contribution in [0.1, 0.15) is 29.2 Å². The van der Waals surface area contributed by atoms with Gasteiger partial charge >= 0.3 is 0 Å². The minimum absolute atomic E-state index is 0.523. The minimum atomic E-state index is -0.523. The lowest BCUT2D eigenvalue weighted by Crippen LogP contribution is -2.26. The van der Waals surface area contributed by atoms with E-state index >= 15 is 0 Å². The Bertz CT molecular complexity index is 3270. The second-order valence-corrected chi connectivity index (χ2v) is 16.0. The summed E-state index contributed by atoms with van der Waals surface area (Å²) in [4.78, 5) is 2.28. The molecule has 0 aromatic heterocycles. The fraction of sp³-hybridized carbons (Fsp3) is 0.0345. The molecule has 1 aliphatic heterocycles. The highest BCUT2D eigenvalue weighted by atomic mass is 16.6. The van der Waals surface area contributed by atoms with Crippen molar-refractivity contribution in [1.82, 2.24) is 0 Å². The summed E-state index contributed by atoms with van der Waals surface area (Å²) < 4.78 is 14.2.